The number of aromatic nitrogens is 2. The maximum atomic E-state index is 12.4. The van der Waals surface area contributed by atoms with E-state index < -0.39 is 10.8 Å². The molecule has 3 rings (SSSR count). The normalized spacial score (nSPS) is 10.5. The number of nitro benzene ring substituents is 1. The van der Waals surface area contributed by atoms with E-state index in [-0.39, 0.29) is 17.0 Å². The number of thioether (sulfide) groups is 1. The van der Waals surface area contributed by atoms with Crippen molar-refractivity contribution in [1.29, 1.82) is 0 Å². The van der Waals surface area contributed by atoms with Crippen LogP contribution in [-0.4, -0.2) is 33.9 Å². The second kappa shape index (κ2) is 9.99. The van der Waals surface area contributed by atoms with E-state index in [0.29, 0.717) is 5.13 Å². The summed E-state index contributed by atoms with van der Waals surface area (Å²) < 4.78 is 5.70. The van der Waals surface area contributed by atoms with Gasteiger partial charge in [0, 0.05) is 17.4 Å². The van der Waals surface area contributed by atoms with Crippen molar-refractivity contribution in [3.63, 3.8) is 0 Å². The molecule has 1 aromatic heterocycles. The van der Waals surface area contributed by atoms with Crippen molar-refractivity contribution in [2.24, 2.45) is 0 Å². The molecule has 0 aliphatic carbocycles. The quantitative estimate of drug-likeness (QED) is 0.176. The van der Waals surface area contributed by atoms with Crippen LogP contribution in [0.25, 0.3) is 0 Å². The van der Waals surface area contributed by atoms with Crippen LogP contribution in [0.15, 0.2) is 52.9 Å². The molecular formula is C19H18N4O4S2. The number of nitrogens with one attached hydrogen (secondary N) is 1. The van der Waals surface area contributed by atoms with Crippen molar-refractivity contribution in [1.82, 2.24) is 10.2 Å². The molecule has 0 spiro atoms. The van der Waals surface area contributed by atoms with Crippen molar-refractivity contribution in [2.75, 3.05) is 18.2 Å². The molecule has 1 amide bonds. The Labute approximate surface area is 175 Å². The van der Waals surface area contributed by atoms with E-state index in [0.717, 1.165) is 22.9 Å². The number of carbonyl (C=O) groups excluding carboxylic acids is 1. The molecule has 3 aromatic rings. The van der Waals surface area contributed by atoms with Gasteiger partial charge in [0.15, 0.2) is 10.1 Å². The molecule has 0 radical (unpaired) electrons. The van der Waals surface area contributed by atoms with Crippen molar-refractivity contribution in [3.05, 3.63) is 69.8 Å². The SMILES string of the molecule is COc1ccc(C(=O)Nc2nnc(SCCCc3ccccc3)s2)cc1[N+](=O)[O-]. The summed E-state index contributed by atoms with van der Waals surface area (Å²) in [6, 6.07) is 14.3. The third-order valence-electron chi connectivity index (χ3n) is 3.94. The monoisotopic (exact) mass is 430 g/mol. The van der Waals surface area contributed by atoms with E-state index in [1.165, 1.54) is 42.2 Å². The Bertz CT molecular complexity index is 995. The molecule has 0 bridgehead atoms. The summed E-state index contributed by atoms with van der Waals surface area (Å²) in [7, 11) is 1.34. The number of anilines is 1. The molecule has 8 nitrogen and oxygen atoms in total. The Morgan fingerprint density at radius 1 is 1.24 bits per heavy atom. The fourth-order valence-corrected chi connectivity index (χ4v) is 4.30. The first-order chi connectivity index (χ1) is 14.1. The van der Waals surface area contributed by atoms with Crippen LogP contribution in [-0.2, 0) is 6.42 Å². The van der Waals surface area contributed by atoms with Crippen molar-refractivity contribution in [2.45, 2.75) is 17.2 Å². The number of ether oxygens (including phenoxy) is 1. The summed E-state index contributed by atoms with van der Waals surface area (Å²) in [5.74, 6) is 0.492. The third-order valence-corrected chi connectivity index (χ3v) is 6.00. The Morgan fingerprint density at radius 2 is 2.03 bits per heavy atom. The number of nitrogens with zero attached hydrogens (tertiary/aromatic N) is 3. The Morgan fingerprint density at radius 3 is 2.76 bits per heavy atom. The highest BCUT2D eigenvalue weighted by atomic mass is 32.2. The largest absolute Gasteiger partial charge is 0.490 e. The zero-order valence-corrected chi connectivity index (χ0v) is 17.2. The number of rotatable bonds is 9. The van der Waals surface area contributed by atoms with Crippen molar-refractivity contribution in [3.8, 4) is 5.75 Å². The molecule has 0 saturated heterocycles. The van der Waals surface area contributed by atoms with Gasteiger partial charge in [0.05, 0.1) is 12.0 Å². The minimum Gasteiger partial charge on any atom is -0.490 e. The van der Waals surface area contributed by atoms with Gasteiger partial charge in [-0.1, -0.05) is 53.4 Å². The average Bonchev–Trinajstić information content (AvgIpc) is 3.18. The first-order valence-electron chi connectivity index (χ1n) is 8.71. The molecule has 0 aliphatic rings. The average molecular weight is 431 g/mol. The van der Waals surface area contributed by atoms with Crippen LogP contribution >= 0.6 is 23.1 Å². The maximum absolute atomic E-state index is 12.4. The molecule has 150 valence electrons. The number of nitro groups is 1. The van der Waals surface area contributed by atoms with E-state index in [1.807, 2.05) is 18.2 Å². The highest BCUT2D eigenvalue weighted by molar-refractivity contribution is 8.01. The zero-order chi connectivity index (χ0) is 20.6. The van der Waals surface area contributed by atoms with Gasteiger partial charge < -0.3 is 4.74 Å². The lowest BCUT2D eigenvalue weighted by Crippen LogP contribution is -2.12. The van der Waals surface area contributed by atoms with Crippen LogP contribution in [0.1, 0.15) is 22.3 Å². The second-order valence-corrected chi connectivity index (χ2v) is 8.23. The Kier molecular flexibility index (Phi) is 7.14. The van der Waals surface area contributed by atoms with E-state index in [4.69, 9.17) is 4.74 Å². The van der Waals surface area contributed by atoms with Gasteiger partial charge in [-0.3, -0.25) is 20.2 Å². The van der Waals surface area contributed by atoms with Gasteiger partial charge in [0.2, 0.25) is 5.13 Å². The van der Waals surface area contributed by atoms with Crippen LogP contribution in [0.3, 0.4) is 0 Å². The van der Waals surface area contributed by atoms with E-state index >= 15 is 0 Å². The van der Waals surface area contributed by atoms with E-state index in [9.17, 15) is 14.9 Å². The number of methoxy groups -OCH3 is 1. The van der Waals surface area contributed by atoms with Crippen LogP contribution in [0, 0.1) is 10.1 Å². The summed E-state index contributed by atoms with van der Waals surface area (Å²) in [5, 5.41) is 22.1. The Hall–Kier alpha value is -2.98. The fraction of sp³-hybridized carbons (Fsp3) is 0.211. The number of amides is 1. The molecule has 0 unspecified atom stereocenters. The lowest BCUT2D eigenvalue weighted by molar-refractivity contribution is -0.385. The van der Waals surface area contributed by atoms with Crippen LogP contribution in [0.5, 0.6) is 5.75 Å². The molecule has 1 heterocycles. The standard InChI is InChI=1S/C19H18N4O4S2/c1-27-16-10-9-14(12-15(16)23(25)26)17(24)20-18-21-22-19(29-18)28-11-5-8-13-6-3-2-4-7-13/h2-4,6-7,9-10,12H,5,8,11H2,1H3,(H,20,21,24). The van der Waals surface area contributed by atoms with Gasteiger partial charge in [-0.2, -0.15) is 0 Å². The van der Waals surface area contributed by atoms with Crippen molar-refractivity contribution < 1.29 is 14.5 Å². The van der Waals surface area contributed by atoms with Gasteiger partial charge in [0.25, 0.3) is 5.91 Å². The van der Waals surface area contributed by atoms with Crippen molar-refractivity contribution >= 4 is 39.8 Å². The van der Waals surface area contributed by atoms with E-state index in [2.05, 4.69) is 27.6 Å². The minimum atomic E-state index is -0.593. The summed E-state index contributed by atoms with van der Waals surface area (Å²) in [5.41, 5.74) is 1.17. The number of aryl methyl sites for hydroxylation is 1. The smallest absolute Gasteiger partial charge is 0.311 e. The molecule has 2 aromatic carbocycles. The second-order valence-electron chi connectivity index (χ2n) is 5.91. The molecular weight excluding hydrogens is 412 g/mol. The number of carbonyl (C=O) groups is 1. The molecule has 10 heteroatoms. The number of hydrogen-bond donors (Lipinski definition) is 1. The number of hydrogen-bond acceptors (Lipinski definition) is 8. The molecule has 0 saturated carbocycles. The summed E-state index contributed by atoms with van der Waals surface area (Å²) in [4.78, 5) is 22.9. The zero-order valence-electron chi connectivity index (χ0n) is 15.5. The van der Waals surface area contributed by atoms with Gasteiger partial charge in [-0.15, -0.1) is 10.2 Å². The van der Waals surface area contributed by atoms with Crippen LogP contribution in [0.2, 0.25) is 0 Å². The lowest BCUT2D eigenvalue weighted by Gasteiger charge is -2.04. The molecule has 29 heavy (non-hydrogen) atoms. The first kappa shape index (κ1) is 20.7. The van der Waals surface area contributed by atoms with Crippen LogP contribution < -0.4 is 10.1 Å². The van der Waals surface area contributed by atoms with Gasteiger partial charge in [0.1, 0.15) is 0 Å². The predicted molar refractivity (Wildman–Crippen MR) is 113 cm³/mol. The summed E-state index contributed by atoms with van der Waals surface area (Å²) >= 11 is 2.85. The third kappa shape index (κ3) is 5.75. The lowest BCUT2D eigenvalue weighted by atomic mass is 10.1. The highest BCUT2D eigenvalue weighted by Crippen LogP contribution is 2.29. The minimum absolute atomic E-state index is 0.0941. The van der Waals surface area contributed by atoms with Gasteiger partial charge in [-0.25, -0.2) is 0 Å². The topological polar surface area (TPSA) is 107 Å². The molecule has 0 fully saturated rings. The van der Waals surface area contributed by atoms with Gasteiger partial charge >= 0.3 is 5.69 Å². The Balaban J connectivity index is 1.53. The fourth-order valence-electron chi connectivity index (χ4n) is 2.54. The molecule has 1 N–H and O–H groups in total. The van der Waals surface area contributed by atoms with Crippen LogP contribution in [0.4, 0.5) is 10.8 Å². The first-order valence-corrected chi connectivity index (χ1v) is 10.5. The van der Waals surface area contributed by atoms with E-state index in [1.54, 1.807) is 11.8 Å². The summed E-state index contributed by atoms with van der Waals surface area (Å²) in [6.07, 6.45) is 2.00. The van der Waals surface area contributed by atoms with Gasteiger partial charge in [-0.05, 0) is 30.5 Å². The predicted octanol–water partition coefficient (Wildman–Crippen LogP) is 4.43. The number of benzene rings is 2. The molecule has 0 aliphatic heterocycles. The highest BCUT2D eigenvalue weighted by Gasteiger charge is 2.19. The summed E-state index contributed by atoms with van der Waals surface area (Å²) in [6.45, 7) is 0. The maximum Gasteiger partial charge on any atom is 0.311 e. The molecule has 0 atom stereocenters.